The van der Waals surface area contributed by atoms with Crippen molar-refractivity contribution in [2.75, 3.05) is 19.6 Å². The van der Waals surface area contributed by atoms with E-state index < -0.39 is 41.6 Å². The molecule has 6 atom stereocenters. The molecule has 1 N–H and O–H groups in total. The number of aliphatic hydroxyl groups is 1. The molecule has 1 saturated heterocycles. The maximum atomic E-state index is 11.5. The Bertz CT molecular complexity index is 476. The molecule has 0 aromatic heterocycles. The summed E-state index contributed by atoms with van der Waals surface area (Å²) in [5, 5.41) is 9.56. The van der Waals surface area contributed by atoms with Crippen molar-refractivity contribution in [1.82, 2.24) is 0 Å². The van der Waals surface area contributed by atoms with E-state index in [1.165, 1.54) is 0 Å². The van der Waals surface area contributed by atoms with E-state index in [9.17, 15) is 28.6 Å². The van der Waals surface area contributed by atoms with Crippen LogP contribution in [0.5, 0.6) is 0 Å². The summed E-state index contributed by atoms with van der Waals surface area (Å²) in [6.07, 6.45) is -1.28. The zero-order valence-corrected chi connectivity index (χ0v) is 17.6. The van der Waals surface area contributed by atoms with E-state index in [-0.39, 0.29) is 60.3 Å². The minimum atomic E-state index is -4.98. The molecule has 1 fully saturated rings. The molecule has 0 spiro atoms. The quantitative estimate of drug-likeness (QED) is 0.489. The summed E-state index contributed by atoms with van der Waals surface area (Å²) < 4.78 is 51.4. The topological polar surface area (TPSA) is 154 Å². The van der Waals surface area contributed by atoms with Gasteiger partial charge in [0.05, 0.1) is 24.7 Å². The molecule has 1 aliphatic rings. The summed E-state index contributed by atoms with van der Waals surface area (Å²) in [4.78, 5) is 22.2. The van der Waals surface area contributed by atoms with Gasteiger partial charge in [0.1, 0.15) is 6.10 Å². The van der Waals surface area contributed by atoms with Crippen LogP contribution in [0.1, 0.15) is 28.2 Å². The van der Waals surface area contributed by atoms with Crippen molar-refractivity contribution < 1.29 is 79.4 Å². The monoisotopic (exact) mass is 487 g/mol. The number of ether oxygens (including phenoxy) is 1. The predicted octanol–water partition coefficient (Wildman–Crippen LogP) is 0.928. The largest absolute Gasteiger partial charge is 0.778 e. The molecule has 0 aromatic carbocycles. The number of rotatable bonds is 8. The Balaban J connectivity index is -0.00000147. The van der Waals surface area contributed by atoms with Crippen molar-refractivity contribution in [1.29, 1.82) is 0 Å². The van der Waals surface area contributed by atoms with E-state index in [4.69, 9.17) is 9.26 Å². The Morgan fingerprint density at radius 3 is 2.29 bits per heavy atom. The average molecular weight is 487 g/mol. The van der Waals surface area contributed by atoms with Gasteiger partial charge >= 0.3 is 0 Å². The normalized spacial score (nSPS) is 29.1. The Labute approximate surface area is 168 Å². The standard InChI is InChI=1S/C8H19O10P3.2CH4.Y/c1-6-3-7(9)8(17-6)4-16-19(10)5-20(11,12)18-21(13,14)15-2;;;/h6-9,19H,3-5H2,1-2H3,(H,11,12)(H,13,14);2*1H4;/p-2/t6-,7?,8+;;;/m0.../s1. The van der Waals surface area contributed by atoms with Gasteiger partial charge < -0.3 is 33.2 Å². The van der Waals surface area contributed by atoms with E-state index in [1.807, 2.05) is 0 Å². The van der Waals surface area contributed by atoms with E-state index in [1.54, 1.807) is 6.92 Å². The van der Waals surface area contributed by atoms with Crippen LogP contribution < -0.4 is 9.79 Å². The molecule has 0 amide bonds. The van der Waals surface area contributed by atoms with Gasteiger partial charge in [0.15, 0.2) is 15.6 Å². The van der Waals surface area contributed by atoms with E-state index in [2.05, 4.69) is 8.83 Å². The Hall–Kier alpha value is 1.51. The summed E-state index contributed by atoms with van der Waals surface area (Å²) in [5.41, 5.74) is 0. The second-order valence-corrected chi connectivity index (χ2v) is 9.88. The first kappa shape index (κ1) is 30.2. The summed E-state index contributed by atoms with van der Waals surface area (Å²) in [7, 11) is -12.3. The average Bonchev–Trinajstić information content (AvgIpc) is 2.63. The van der Waals surface area contributed by atoms with Crippen LogP contribution in [-0.4, -0.2) is 43.0 Å². The molecule has 0 aromatic rings. The van der Waals surface area contributed by atoms with Gasteiger partial charge in [-0.15, -0.1) is 0 Å². The maximum Gasteiger partial charge on any atom is 0.272 e. The SMILES string of the molecule is C.C.COP(=O)([O-])OP(=O)([O-])C[PH](=O)OC[C@H]1O[C@@H](C)CC1O.[Y]. The van der Waals surface area contributed by atoms with Gasteiger partial charge in [-0.2, -0.15) is 0 Å². The van der Waals surface area contributed by atoms with Gasteiger partial charge in [-0.3, -0.25) is 13.4 Å². The molecule has 0 bridgehead atoms. The van der Waals surface area contributed by atoms with Crippen molar-refractivity contribution >= 4 is 23.4 Å². The Morgan fingerprint density at radius 2 is 1.88 bits per heavy atom. The molecule has 0 saturated carbocycles. The summed E-state index contributed by atoms with van der Waals surface area (Å²) in [6.45, 7) is 1.48. The van der Waals surface area contributed by atoms with Gasteiger partial charge in [0.2, 0.25) is 0 Å². The molecule has 10 nitrogen and oxygen atoms in total. The molecular weight excluding hydrogens is 462 g/mol. The fourth-order valence-corrected chi connectivity index (χ4v) is 5.90. The first-order valence-corrected chi connectivity index (χ1v) is 10.6. The number of hydrogen-bond donors (Lipinski definition) is 1. The molecular formula is C10H25O10P3Y-2. The minimum absolute atomic E-state index is 0. The predicted molar refractivity (Wildman–Crippen MR) is 81.5 cm³/mol. The third kappa shape index (κ3) is 11.3. The van der Waals surface area contributed by atoms with Crippen LogP contribution in [0.25, 0.3) is 0 Å². The second-order valence-electron chi connectivity index (χ2n) is 4.45. The van der Waals surface area contributed by atoms with Gasteiger partial charge in [-0.05, 0) is 6.92 Å². The van der Waals surface area contributed by atoms with Crippen LogP contribution in [0.15, 0.2) is 0 Å². The Morgan fingerprint density at radius 1 is 1.33 bits per heavy atom. The Kier molecular flexibility index (Phi) is 16.2. The molecule has 24 heavy (non-hydrogen) atoms. The maximum absolute atomic E-state index is 11.5. The van der Waals surface area contributed by atoms with Crippen molar-refractivity contribution in [3.63, 3.8) is 0 Å². The van der Waals surface area contributed by atoms with E-state index >= 15 is 0 Å². The van der Waals surface area contributed by atoms with Gasteiger partial charge in [-0.25, -0.2) is 0 Å². The first-order valence-electron chi connectivity index (χ1n) is 5.92. The number of hydrogen-bond acceptors (Lipinski definition) is 10. The van der Waals surface area contributed by atoms with Crippen molar-refractivity contribution in [3.05, 3.63) is 0 Å². The first-order chi connectivity index (χ1) is 9.54. The van der Waals surface area contributed by atoms with Crippen molar-refractivity contribution in [2.24, 2.45) is 0 Å². The fourth-order valence-electron chi connectivity index (χ4n) is 1.68. The van der Waals surface area contributed by atoms with Gasteiger partial charge in [-0.1, -0.05) is 14.9 Å². The van der Waals surface area contributed by atoms with Gasteiger partial charge in [0.25, 0.3) is 7.82 Å². The van der Waals surface area contributed by atoms with E-state index in [0.29, 0.717) is 6.42 Å². The smallest absolute Gasteiger partial charge is 0.272 e. The summed E-state index contributed by atoms with van der Waals surface area (Å²) >= 11 is 0. The molecule has 1 heterocycles. The molecule has 14 heteroatoms. The molecule has 1 aliphatic heterocycles. The van der Waals surface area contributed by atoms with Gasteiger partial charge in [0, 0.05) is 46.2 Å². The summed E-state index contributed by atoms with van der Waals surface area (Å²) in [6, 6.07) is 0. The minimum Gasteiger partial charge on any atom is -0.778 e. The number of aliphatic hydroxyl groups excluding tert-OH is 1. The van der Waals surface area contributed by atoms with Crippen LogP contribution in [0.3, 0.4) is 0 Å². The van der Waals surface area contributed by atoms with Crippen LogP contribution in [-0.2, 0) is 64.5 Å². The third-order valence-corrected chi connectivity index (χ3v) is 7.90. The zero-order chi connectivity index (χ0) is 16.3. The molecule has 0 aliphatic carbocycles. The second kappa shape index (κ2) is 12.8. The summed E-state index contributed by atoms with van der Waals surface area (Å²) in [5.74, 6) is -1.09. The van der Waals surface area contributed by atoms with Crippen LogP contribution in [0, 0.1) is 0 Å². The molecule has 1 rings (SSSR count). The van der Waals surface area contributed by atoms with Crippen LogP contribution in [0.2, 0.25) is 0 Å². The van der Waals surface area contributed by atoms with Crippen molar-refractivity contribution in [3.8, 4) is 0 Å². The number of phosphoric acid groups is 1. The van der Waals surface area contributed by atoms with Crippen LogP contribution >= 0.6 is 23.4 Å². The van der Waals surface area contributed by atoms with Crippen LogP contribution in [0.4, 0.5) is 0 Å². The molecule has 145 valence electrons. The zero-order valence-electron chi connectivity index (χ0n) is 11.9. The van der Waals surface area contributed by atoms with Crippen molar-refractivity contribution in [2.45, 2.75) is 46.5 Å². The van der Waals surface area contributed by atoms with E-state index in [0.717, 1.165) is 7.11 Å². The third-order valence-electron chi connectivity index (χ3n) is 2.59. The molecule has 1 radical (unpaired) electrons. The number of phosphoric ester groups is 1. The molecule has 4 unspecified atom stereocenters. The fraction of sp³-hybridized carbons (Fsp3) is 1.00.